The molecule has 0 bridgehead atoms. The predicted octanol–water partition coefficient (Wildman–Crippen LogP) is 27.5. The molecule has 13 aromatic carbocycles. The summed E-state index contributed by atoms with van der Waals surface area (Å²) in [5.41, 5.74) is 15.9. The minimum Gasteiger partial charge on any atom is -0.235 e. The molecule has 0 atom stereocenters. The molecule has 0 spiro atoms. The Balaban J connectivity index is 0.000000114. The van der Waals surface area contributed by atoms with Gasteiger partial charge in [0.05, 0.1) is 32.9 Å². The highest BCUT2D eigenvalue weighted by Gasteiger charge is 2.16. The van der Waals surface area contributed by atoms with Crippen LogP contribution in [0.15, 0.2) is 399 Å². The number of thiophene rings is 1. The lowest BCUT2D eigenvalue weighted by Crippen LogP contribution is -1.99. The van der Waals surface area contributed by atoms with Gasteiger partial charge in [-0.15, -0.1) is 11.3 Å². The van der Waals surface area contributed by atoms with Gasteiger partial charge in [0.15, 0.2) is 34.9 Å². The molecule has 0 saturated carbocycles. The van der Waals surface area contributed by atoms with Crippen LogP contribution in [-0.4, -0.2) is 44.9 Å². The van der Waals surface area contributed by atoms with Crippen LogP contribution < -0.4 is 0 Å². The molecule has 18 aromatic rings. The Morgan fingerprint density at radius 2 is 0.463 bits per heavy atom. The fourth-order valence-electron chi connectivity index (χ4n) is 11.5. The van der Waals surface area contributed by atoms with Gasteiger partial charge >= 0.3 is 0 Å². The molecule has 0 aliphatic heterocycles. The van der Waals surface area contributed by atoms with Gasteiger partial charge in [-0.25, -0.2) is 44.9 Å². The summed E-state index contributed by atoms with van der Waals surface area (Å²) in [5, 5.41) is 2.70. The number of aromatic nitrogens is 9. The van der Waals surface area contributed by atoms with Gasteiger partial charge < -0.3 is 0 Å². The van der Waals surface area contributed by atoms with E-state index in [2.05, 4.69) is 186 Å². The van der Waals surface area contributed by atoms with Crippen molar-refractivity contribution in [3.8, 4) is 125 Å². The van der Waals surface area contributed by atoms with Crippen molar-refractivity contribution in [2.45, 2.75) is 0 Å². The molecule has 520 valence electrons. The second-order valence-corrected chi connectivity index (χ2v) is 29.9. The molecule has 18 rings (SSSR count). The average molecular weight is 1740 g/mol. The normalized spacial score (nSPS) is 10.6. The Hall–Kier alpha value is -11.3. The van der Waals surface area contributed by atoms with Crippen LogP contribution in [0.2, 0.25) is 0 Å². The number of benzene rings is 13. The van der Waals surface area contributed by atoms with Crippen LogP contribution in [0.5, 0.6) is 0 Å². The summed E-state index contributed by atoms with van der Waals surface area (Å²) in [6, 6.07) is 124. The molecule has 0 N–H and O–H groups in total. The van der Waals surface area contributed by atoms with Crippen LogP contribution >= 0.6 is 91.0 Å². The lowest BCUT2D eigenvalue weighted by Gasteiger charge is -2.09. The number of fused-ring (bicyclic) bond motifs is 3. The van der Waals surface area contributed by atoms with E-state index in [0.29, 0.717) is 17.5 Å². The molecule has 0 amide bonds. The Morgan fingerprint density at radius 3 is 0.833 bits per heavy atom. The summed E-state index contributed by atoms with van der Waals surface area (Å²) in [6.45, 7) is 0. The molecule has 15 heteroatoms. The zero-order chi connectivity index (χ0) is 73.8. The quantitative estimate of drug-likeness (QED) is 0.125. The zero-order valence-corrected chi connectivity index (χ0v) is 66.4. The van der Waals surface area contributed by atoms with Crippen molar-refractivity contribution in [3.05, 3.63) is 399 Å². The largest absolute Gasteiger partial charge is 0.235 e. The van der Waals surface area contributed by atoms with Crippen LogP contribution in [-0.2, 0) is 0 Å². The molecule has 108 heavy (non-hydrogen) atoms. The molecule has 9 nitrogen and oxygen atoms in total. The molecule has 0 fully saturated rings. The lowest BCUT2D eigenvalue weighted by molar-refractivity contribution is 1.07. The van der Waals surface area contributed by atoms with Gasteiger partial charge in [0.1, 0.15) is 0 Å². The van der Waals surface area contributed by atoms with E-state index in [4.69, 9.17) is 29.9 Å². The number of nitrogens with zero attached hydrogens (tertiary/aromatic N) is 9. The van der Waals surface area contributed by atoms with Crippen LogP contribution in [0, 0.1) is 0 Å². The van der Waals surface area contributed by atoms with E-state index in [1.807, 2.05) is 290 Å². The van der Waals surface area contributed by atoms with Crippen molar-refractivity contribution in [3.63, 3.8) is 0 Å². The summed E-state index contributed by atoms with van der Waals surface area (Å²) in [6.07, 6.45) is 1.80. The number of hydrogen-bond donors (Lipinski definition) is 0. The molecule has 5 heterocycles. The third-order valence-corrected chi connectivity index (χ3v) is 20.7. The fourth-order valence-corrected chi connectivity index (χ4v) is 14.2. The second-order valence-electron chi connectivity index (χ2n) is 24.3. The van der Waals surface area contributed by atoms with Crippen LogP contribution in [0.3, 0.4) is 0 Å². The number of hydrogen-bond acceptors (Lipinski definition) is 10. The van der Waals surface area contributed by atoms with Crippen molar-refractivity contribution in [1.29, 1.82) is 0 Å². The maximum Gasteiger partial charge on any atom is 0.164 e. The fraction of sp³-hybridized carbons (Fsp3) is 0. The van der Waals surface area contributed by atoms with E-state index in [9.17, 15) is 0 Å². The third-order valence-electron chi connectivity index (χ3n) is 16.9. The van der Waals surface area contributed by atoms with E-state index in [0.717, 1.165) is 130 Å². The van der Waals surface area contributed by atoms with Gasteiger partial charge in [0, 0.05) is 105 Å². The monoisotopic (exact) mass is 1730 g/mol. The Kier molecular flexibility index (Phi) is 24.8. The zero-order valence-electron chi connectivity index (χ0n) is 57.6. The van der Waals surface area contributed by atoms with Gasteiger partial charge in [-0.1, -0.05) is 361 Å². The Labute approximate surface area is 673 Å². The minimum atomic E-state index is 0.667. The topological polar surface area (TPSA) is 116 Å². The Morgan fingerprint density at radius 1 is 0.194 bits per heavy atom. The highest BCUT2D eigenvalue weighted by molar-refractivity contribution is 9.11. The van der Waals surface area contributed by atoms with Crippen molar-refractivity contribution < 1.29 is 0 Å². The summed E-state index contributed by atoms with van der Waals surface area (Å²) < 4.78 is 7.88. The maximum absolute atomic E-state index is 4.80. The molecule has 0 radical (unpaired) electrons. The molecule has 0 aliphatic rings. The first kappa shape index (κ1) is 73.6. The Bertz CT molecular complexity index is 5370. The van der Waals surface area contributed by atoms with Crippen LogP contribution in [0.1, 0.15) is 0 Å². The molecule has 0 aliphatic carbocycles. The molecule has 0 unspecified atom stereocenters. The average Bonchev–Trinajstić information content (AvgIpc) is 1.72. The lowest BCUT2D eigenvalue weighted by atomic mass is 10.1. The van der Waals surface area contributed by atoms with Crippen molar-refractivity contribution in [2.24, 2.45) is 0 Å². The van der Waals surface area contributed by atoms with Crippen LogP contribution in [0.4, 0.5) is 0 Å². The highest BCUT2D eigenvalue weighted by atomic mass is 79.9. The molecular formula is C93H62Br5N9S. The van der Waals surface area contributed by atoms with Crippen molar-refractivity contribution in [1.82, 2.24) is 44.9 Å². The third kappa shape index (κ3) is 19.3. The first-order valence-corrected chi connectivity index (χ1v) is 39.2. The van der Waals surface area contributed by atoms with Gasteiger partial charge in [-0.3, -0.25) is 0 Å². The van der Waals surface area contributed by atoms with Crippen molar-refractivity contribution >= 4 is 111 Å². The summed E-state index contributed by atoms with van der Waals surface area (Å²) in [7, 11) is 0. The van der Waals surface area contributed by atoms with Gasteiger partial charge in [-0.2, -0.15) is 0 Å². The summed E-state index contributed by atoms with van der Waals surface area (Å²) in [5.74, 6) is 4.22. The van der Waals surface area contributed by atoms with Crippen molar-refractivity contribution in [2.75, 3.05) is 0 Å². The van der Waals surface area contributed by atoms with Crippen LogP contribution in [0.25, 0.3) is 145 Å². The van der Waals surface area contributed by atoms with Gasteiger partial charge in [0.2, 0.25) is 0 Å². The smallest absolute Gasteiger partial charge is 0.164 e. The number of rotatable bonds is 11. The van der Waals surface area contributed by atoms with E-state index < -0.39 is 0 Å². The van der Waals surface area contributed by atoms with Gasteiger partial charge in [-0.05, 0) is 88.7 Å². The van der Waals surface area contributed by atoms with E-state index in [-0.39, 0.29) is 0 Å². The first-order chi connectivity index (χ1) is 53.1. The second kappa shape index (κ2) is 36.4. The standard InChI is InChI=1S/2C22H15BrN2.C21H14BrN3.C16H11BrN2.C12H7BrS/c23-19-13-11-17(12-14-19)21-15-20(16-7-3-1-4-8-16)24-22(25-21)18-9-5-2-6-10-18;23-19-13-11-18(12-14-19)22-24-20(16-7-3-1-4-8-16)15-21(25-22)17-9-5-2-6-10-17;22-18-13-11-17(12-14-18)21-24-19(15-7-3-1-4-8-15)23-20(25-21)16-9-5-2-6-10-16;17-14-11-18-16(13-9-5-2-6-10-13)19-15(14)12-7-3-1-4-8-12;13-8-5-6-12-10(7-8)9-3-1-2-4-11(9)14-12/h2*1-15H;1-14H;1-11H;1-7H. The predicted molar refractivity (Wildman–Crippen MR) is 464 cm³/mol. The molecular weight excluding hydrogens is 1670 g/mol. The maximum atomic E-state index is 4.80. The summed E-state index contributed by atoms with van der Waals surface area (Å²) >= 11 is 19.3. The van der Waals surface area contributed by atoms with E-state index >= 15 is 0 Å². The molecule has 0 saturated heterocycles. The molecule has 5 aromatic heterocycles. The van der Waals surface area contributed by atoms with E-state index in [1.165, 1.54) is 20.2 Å². The van der Waals surface area contributed by atoms with Gasteiger partial charge in [0.25, 0.3) is 0 Å². The minimum absolute atomic E-state index is 0.667. The van der Waals surface area contributed by atoms with E-state index in [1.54, 1.807) is 6.20 Å². The summed E-state index contributed by atoms with van der Waals surface area (Å²) in [4.78, 5) is 42.3. The SMILES string of the molecule is Brc1ccc(-c2cc(-c3ccccc3)nc(-c3ccccc3)n2)cc1.Brc1ccc(-c2nc(-c3ccccc3)cc(-c3ccccc3)n2)cc1.Brc1ccc(-c2nc(-c3ccccc3)nc(-c3ccccc3)n2)cc1.Brc1ccc2sc3ccccc3c2c1.Brc1cnc(-c2ccccc2)nc1-c1ccccc1. The number of halogens is 5. The highest BCUT2D eigenvalue weighted by Crippen LogP contribution is 2.37. The first-order valence-electron chi connectivity index (χ1n) is 34.4.